The van der Waals surface area contributed by atoms with Crippen LogP contribution in [-0.4, -0.2) is 42.0 Å². The lowest BCUT2D eigenvalue weighted by molar-refractivity contribution is 0.0611. The van der Waals surface area contributed by atoms with Crippen molar-refractivity contribution in [1.29, 1.82) is 0 Å². The lowest BCUT2D eigenvalue weighted by atomic mass is 9.78. The summed E-state index contributed by atoms with van der Waals surface area (Å²) in [5.41, 5.74) is 1.15. The number of benzene rings is 1. The number of nitrogens with one attached hydrogen (secondary N) is 1. The number of hydrogen-bond acceptors (Lipinski definition) is 5. The molecule has 160 valence electrons. The molecule has 0 unspecified atom stereocenters. The first-order valence-electron chi connectivity index (χ1n) is 9.39. The van der Waals surface area contributed by atoms with Gasteiger partial charge in [-0.1, -0.05) is 0 Å². The van der Waals surface area contributed by atoms with Crippen LogP contribution in [0.1, 0.15) is 39.6 Å². The van der Waals surface area contributed by atoms with Crippen molar-refractivity contribution in [2.24, 2.45) is 5.41 Å². The zero-order valence-electron chi connectivity index (χ0n) is 16.3. The highest BCUT2D eigenvalue weighted by atomic mass is 35.5. The van der Waals surface area contributed by atoms with E-state index in [1.54, 1.807) is 12.1 Å². The van der Waals surface area contributed by atoms with E-state index >= 15 is 0 Å². The minimum Gasteiger partial charge on any atom is -0.486 e. The normalized spacial score (nSPS) is 17.5. The van der Waals surface area contributed by atoms with Crippen molar-refractivity contribution in [1.82, 2.24) is 15.2 Å². The van der Waals surface area contributed by atoms with Gasteiger partial charge < -0.3 is 15.0 Å². The van der Waals surface area contributed by atoms with E-state index in [4.69, 9.17) is 4.74 Å². The Morgan fingerprint density at radius 2 is 1.93 bits per heavy atom. The van der Waals surface area contributed by atoms with Gasteiger partial charge in [0.1, 0.15) is 28.1 Å². The molecule has 2 aliphatic heterocycles. The largest absolute Gasteiger partial charge is 0.486 e. The average molecular weight is 462 g/mol. The molecule has 1 amide bonds. The van der Waals surface area contributed by atoms with E-state index in [0.29, 0.717) is 16.0 Å². The van der Waals surface area contributed by atoms with E-state index in [-0.39, 0.29) is 43.1 Å². The summed E-state index contributed by atoms with van der Waals surface area (Å²) in [5, 5.41) is 4.21. The van der Waals surface area contributed by atoms with Gasteiger partial charge in [0, 0.05) is 19.6 Å². The van der Waals surface area contributed by atoms with Crippen molar-refractivity contribution >= 4 is 42.1 Å². The summed E-state index contributed by atoms with van der Waals surface area (Å²) in [5.74, 6) is 0.375. The molecule has 1 N–H and O–H groups in total. The topological polar surface area (TPSA) is 54.5 Å². The summed E-state index contributed by atoms with van der Waals surface area (Å²) < 4.78 is 18.6. The van der Waals surface area contributed by atoms with Crippen LogP contribution < -0.4 is 10.1 Å². The lowest BCUT2D eigenvalue weighted by Crippen LogP contribution is -2.44. The zero-order chi connectivity index (χ0) is 18.9. The molecular formula is C20H26Cl2FN3O2S. The molecular weight excluding hydrogens is 436 g/mol. The fraction of sp³-hybridized carbons (Fsp3) is 0.500. The number of amides is 1. The summed E-state index contributed by atoms with van der Waals surface area (Å²) in [6.07, 6.45) is 3.37. The Bertz CT molecular complexity index is 816. The van der Waals surface area contributed by atoms with Gasteiger partial charge in [-0.25, -0.2) is 9.37 Å². The number of carbonyl (C=O) groups is 1. The summed E-state index contributed by atoms with van der Waals surface area (Å²) >= 11 is 1.39. The molecule has 1 spiro atoms. The maximum absolute atomic E-state index is 13.0. The molecule has 9 heteroatoms. The zero-order valence-corrected chi connectivity index (χ0v) is 18.7. The molecule has 0 aliphatic carbocycles. The highest BCUT2D eigenvalue weighted by molar-refractivity contribution is 7.13. The number of nitrogens with zero attached hydrogens (tertiary/aromatic N) is 2. The second-order valence-corrected chi connectivity index (χ2v) is 8.57. The van der Waals surface area contributed by atoms with Gasteiger partial charge in [0.15, 0.2) is 0 Å². The van der Waals surface area contributed by atoms with E-state index in [1.807, 2.05) is 11.8 Å². The van der Waals surface area contributed by atoms with Gasteiger partial charge in [-0.3, -0.25) is 4.79 Å². The fourth-order valence-electron chi connectivity index (χ4n) is 3.94. The Balaban J connectivity index is 0.00000150. The quantitative estimate of drug-likeness (QED) is 0.739. The molecule has 1 aromatic carbocycles. The molecule has 3 heterocycles. The van der Waals surface area contributed by atoms with E-state index in [2.05, 4.69) is 10.3 Å². The Morgan fingerprint density at radius 3 is 2.55 bits per heavy atom. The number of aryl methyl sites for hydroxylation is 1. The first-order valence-corrected chi connectivity index (χ1v) is 10.2. The predicted molar refractivity (Wildman–Crippen MR) is 117 cm³/mol. The second kappa shape index (κ2) is 10.1. The van der Waals surface area contributed by atoms with E-state index in [0.717, 1.165) is 49.7 Å². The summed E-state index contributed by atoms with van der Waals surface area (Å²) in [7, 11) is 0. The molecule has 29 heavy (non-hydrogen) atoms. The van der Waals surface area contributed by atoms with Crippen LogP contribution in [0.5, 0.6) is 5.75 Å². The van der Waals surface area contributed by atoms with Gasteiger partial charge in [0.2, 0.25) is 0 Å². The molecule has 2 saturated heterocycles. The summed E-state index contributed by atoms with van der Waals surface area (Å²) in [4.78, 5) is 20.1. The van der Waals surface area contributed by atoms with Crippen LogP contribution in [-0.2, 0) is 6.61 Å². The standard InChI is InChI=1S/C20H24FN3O2S.2ClH/c1-14-18(19(25)24-10-7-20(8-11-24)6-9-22-13-20)27-17(23-14)12-26-16-4-2-15(21)3-5-16;;/h2-5,22H,6-13H2,1H3;2*1H. The van der Waals surface area contributed by atoms with Crippen molar-refractivity contribution in [3.05, 3.63) is 45.7 Å². The van der Waals surface area contributed by atoms with Gasteiger partial charge >= 0.3 is 0 Å². The Kier molecular flexibility index (Phi) is 8.28. The SMILES string of the molecule is Cc1nc(COc2ccc(F)cc2)sc1C(=O)N1CCC2(CCNC2)CC1.Cl.Cl. The third kappa shape index (κ3) is 5.40. The van der Waals surface area contributed by atoms with Crippen molar-refractivity contribution in [2.45, 2.75) is 32.8 Å². The van der Waals surface area contributed by atoms with Crippen LogP contribution in [0.15, 0.2) is 24.3 Å². The van der Waals surface area contributed by atoms with E-state index < -0.39 is 0 Å². The van der Waals surface area contributed by atoms with Crippen LogP contribution in [0.4, 0.5) is 4.39 Å². The van der Waals surface area contributed by atoms with Crippen LogP contribution in [0.25, 0.3) is 0 Å². The van der Waals surface area contributed by atoms with E-state index in [1.165, 1.54) is 29.9 Å². The molecule has 0 atom stereocenters. The number of ether oxygens (including phenoxy) is 1. The van der Waals surface area contributed by atoms with Gasteiger partial charge in [0.05, 0.1) is 5.69 Å². The highest BCUT2D eigenvalue weighted by Gasteiger charge is 2.38. The number of likely N-dealkylation sites (tertiary alicyclic amines) is 1. The molecule has 2 fully saturated rings. The minimum atomic E-state index is -0.294. The Morgan fingerprint density at radius 1 is 1.24 bits per heavy atom. The predicted octanol–water partition coefficient (Wildman–Crippen LogP) is 4.23. The van der Waals surface area contributed by atoms with Gasteiger partial charge in [-0.15, -0.1) is 36.2 Å². The molecule has 2 aliphatic rings. The maximum Gasteiger partial charge on any atom is 0.265 e. The fourth-order valence-corrected chi connectivity index (χ4v) is 4.88. The Labute approximate surface area is 186 Å². The number of rotatable bonds is 4. The van der Waals surface area contributed by atoms with Crippen molar-refractivity contribution < 1.29 is 13.9 Å². The van der Waals surface area contributed by atoms with Crippen LogP contribution in [0.3, 0.4) is 0 Å². The third-order valence-electron chi connectivity index (χ3n) is 5.65. The number of aromatic nitrogens is 1. The molecule has 2 aromatic rings. The van der Waals surface area contributed by atoms with Crippen LogP contribution >= 0.6 is 36.2 Å². The summed E-state index contributed by atoms with van der Waals surface area (Å²) in [6.45, 7) is 5.97. The molecule has 0 bridgehead atoms. The van der Waals surface area contributed by atoms with Crippen molar-refractivity contribution in [2.75, 3.05) is 26.2 Å². The monoisotopic (exact) mass is 461 g/mol. The number of piperidine rings is 1. The number of halogens is 3. The average Bonchev–Trinajstić information content (AvgIpc) is 3.28. The molecule has 1 aromatic heterocycles. The maximum atomic E-state index is 13.0. The molecule has 0 saturated carbocycles. The van der Waals surface area contributed by atoms with E-state index in [9.17, 15) is 9.18 Å². The number of thiazole rings is 1. The van der Waals surface area contributed by atoms with Crippen molar-refractivity contribution in [3.63, 3.8) is 0 Å². The highest BCUT2D eigenvalue weighted by Crippen LogP contribution is 2.37. The van der Waals surface area contributed by atoms with Crippen LogP contribution in [0, 0.1) is 18.2 Å². The minimum absolute atomic E-state index is 0. The van der Waals surface area contributed by atoms with Gasteiger partial charge in [-0.2, -0.15) is 0 Å². The first-order chi connectivity index (χ1) is 13.0. The third-order valence-corrected chi connectivity index (χ3v) is 6.77. The summed E-state index contributed by atoms with van der Waals surface area (Å²) in [6, 6.07) is 5.90. The van der Waals surface area contributed by atoms with Gasteiger partial charge in [0.25, 0.3) is 5.91 Å². The Hall–Kier alpha value is -1.41. The van der Waals surface area contributed by atoms with Crippen molar-refractivity contribution in [3.8, 4) is 5.75 Å². The van der Waals surface area contributed by atoms with Crippen LogP contribution in [0.2, 0.25) is 0 Å². The van der Waals surface area contributed by atoms with Gasteiger partial charge in [-0.05, 0) is 62.4 Å². The smallest absolute Gasteiger partial charge is 0.265 e. The number of carbonyl (C=O) groups excluding carboxylic acids is 1. The second-order valence-electron chi connectivity index (χ2n) is 7.48. The number of hydrogen-bond donors (Lipinski definition) is 1. The lowest BCUT2D eigenvalue weighted by Gasteiger charge is -2.38. The molecule has 0 radical (unpaired) electrons. The molecule has 5 nitrogen and oxygen atoms in total. The molecule has 4 rings (SSSR count). The first kappa shape index (κ1) is 23.9.